The number of imide groups is 1. The normalized spacial score (nSPS) is 19.9. The van der Waals surface area contributed by atoms with Gasteiger partial charge in [0.1, 0.15) is 6.04 Å². The second kappa shape index (κ2) is 3.96. The van der Waals surface area contributed by atoms with Gasteiger partial charge in [-0.15, -0.1) is 0 Å². The zero-order valence-corrected chi connectivity index (χ0v) is 8.98. The van der Waals surface area contributed by atoms with E-state index in [9.17, 15) is 14.0 Å². The number of anilines is 2. The molecule has 2 amide bonds. The summed E-state index contributed by atoms with van der Waals surface area (Å²) in [6, 6.07) is -0.809. The van der Waals surface area contributed by atoms with Crippen LogP contribution in [0.25, 0.3) is 0 Å². The van der Waals surface area contributed by atoms with E-state index < -0.39 is 17.8 Å². The summed E-state index contributed by atoms with van der Waals surface area (Å²) in [4.78, 5) is 30.9. The molecule has 0 saturated carbocycles. The third-order valence-electron chi connectivity index (χ3n) is 2.46. The first-order chi connectivity index (χ1) is 7.99. The Balaban J connectivity index is 2.19. The molecule has 2 heterocycles. The molecule has 0 aromatic carbocycles. The van der Waals surface area contributed by atoms with Crippen LogP contribution in [0.3, 0.4) is 0 Å². The minimum absolute atomic E-state index is 0.0291. The molecule has 0 radical (unpaired) electrons. The fraction of sp³-hybridized carbons (Fsp3) is 0.333. The van der Waals surface area contributed by atoms with Crippen LogP contribution in [0.5, 0.6) is 0 Å². The van der Waals surface area contributed by atoms with Crippen molar-refractivity contribution in [1.29, 1.82) is 0 Å². The van der Waals surface area contributed by atoms with E-state index in [4.69, 9.17) is 5.73 Å². The van der Waals surface area contributed by atoms with E-state index in [1.54, 1.807) is 0 Å². The zero-order chi connectivity index (χ0) is 12.6. The zero-order valence-electron chi connectivity index (χ0n) is 8.98. The van der Waals surface area contributed by atoms with Gasteiger partial charge >= 0.3 is 0 Å². The number of rotatable bonds is 2. The second-order valence-corrected chi connectivity index (χ2v) is 3.62. The van der Waals surface area contributed by atoms with Crippen molar-refractivity contribution in [3.63, 3.8) is 0 Å². The van der Waals surface area contributed by atoms with Gasteiger partial charge in [-0.2, -0.15) is 4.98 Å². The number of amides is 2. The van der Waals surface area contributed by atoms with Crippen LogP contribution >= 0.6 is 0 Å². The molecule has 2 rings (SSSR count). The second-order valence-electron chi connectivity index (χ2n) is 3.62. The van der Waals surface area contributed by atoms with E-state index in [-0.39, 0.29) is 24.1 Å². The van der Waals surface area contributed by atoms with Crippen molar-refractivity contribution in [1.82, 2.24) is 14.9 Å². The van der Waals surface area contributed by atoms with E-state index in [1.165, 1.54) is 7.05 Å². The molecule has 1 unspecified atom stereocenters. The van der Waals surface area contributed by atoms with Gasteiger partial charge in [0.05, 0.1) is 12.6 Å². The number of hydrogen-bond donors (Lipinski definition) is 2. The van der Waals surface area contributed by atoms with Crippen LogP contribution in [0.4, 0.5) is 16.2 Å². The molecular formula is C9H10FN5O2. The largest absolute Gasteiger partial charge is 0.368 e. The van der Waals surface area contributed by atoms with Gasteiger partial charge in [-0.3, -0.25) is 14.5 Å². The molecule has 0 spiro atoms. The van der Waals surface area contributed by atoms with Crippen LogP contribution in [0.1, 0.15) is 6.42 Å². The molecule has 1 aliphatic heterocycles. The Morgan fingerprint density at radius 2 is 2.29 bits per heavy atom. The molecule has 1 aromatic heterocycles. The lowest BCUT2D eigenvalue weighted by atomic mass is 10.2. The number of carbonyl (C=O) groups is 2. The molecule has 1 saturated heterocycles. The lowest BCUT2D eigenvalue weighted by Gasteiger charge is -2.11. The van der Waals surface area contributed by atoms with Crippen LogP contribution < -0.4 is 11.1 Å². The molecule has 0 aliphatic carbocycles. The Hall–Kier alpha value is -2.25. The Bertz CT molecular complexity index is 492. The molecule has 1 atom stereocenters. The Labute approximate surface area is 95.8 Å². The van der Waals surface area contributed by atoms with E-state index >= 15 is 0 Å². The molecule has 90 valence electrons. The maximum Gasteiger partial charge on any atom is 0.251 e. The summed E-state index contributed by atoms with van der Waals surface area (Å²) in [7, 11) is 1.37. The first kappa shape index (κ1) is 11.2. The number of halogens is 1. The summed E-state index contributed by atoms with van der Waals surface area (Å²) in [6.07, 6.45) is 0.869. The predicted molar refractivity (Wildman–Crippen MR) is 56.2 cm³/mol. The molecule has 1 fully saturated rings. The Morgan fingerprint density at radius 3 is 2.88 bits per heavy atom. The van der Waals surface area contributed by atoms with Gasteiger partial charge in [0, 0.05) is 7.05 Å². The summed E-state index contributed by atoms with van der Waals surface area (Å²) in [6.45, 7) is 0. The van der Waals surface area contributed by atoms with Crippen molar-refractivity contribution < 1.29 is 14.0 Å². The fourth-order valence-electron chi connectivity index (χ4n) is 1.52. The first-order valence-corrected chi connectivity index (χ1v) is 4.84. The molecule has 8 heteroatoms. The van der Waals surface area contributed by atoms with Gasteiger partial charge < -0.3 is 11.1 Å². The number of carbonyl (C=O) groups excluding carboxylic acids is 2. The van der Waals surface area contributed by atoms with Crippen molar-refractivity contribution in [3.8, 4) is 0 Å². The predicted octanol–water partition coefficient (Wildman–Crippen LogP) is -0.633. The van der Waals surface area contributed by atoms with Gasteiger partial charge in [-0.05, 0) is 0 Å². The highest BCUT2D eigenvalue weighted by Gasteiger charge is 2.36. The van der Waals surface area contributed by atoms with Crippen molar-refractivity contribution in [2.45, 2.75) is 12.5 Å². The van der Waals surface area contributed by atoms with Gasteiger partial charge in [-0.1, -0.05) is 0 Å². The summed E-state index contributed by atoms with van der Waals surface area (Å²) in [5.74, 6) is -1.77. The average molecular weight is 239 g/mol. The highest BCUT2D eigenvalue weighted by molar-refractivity contribution is 6.06. The molecule has 0 bridgehead atoms. The molecule has 1 aromatic rings. The number of nitrogens with zero attached hydrogens (tertiary/aromatic N) is 3. The molecule has 1 aliphatic rings. The van der Waals surface area contributed by atoms with Gasteiger partial charge in [0.2, 0.25) is 11.9 Å². The van der Waals surface area contributed by atoms with Crippen LogP contribution in [-0.2, 0) is 9.59 Å². The molecule has 17 heavy (non-hydrogen) atoms. The smallest absolute Gasteiger partial charge is 0.251 e. The van der Waals surface area contributed by atoms with Crippen LogP contribution in [0.2, 0.25) is 0 Å². The van der Waals surface area contributed by atoms with E-state index in [2.05, 4.69) is 15.3 Å². The van der Waals surface area contributed by atoms with Gasteiger partial charge in [-0.25, -0.2) is 9.37 Å². The lowest BCUT2D eigenvalue weighted by Crippen LogP contribution is -2.32. The number of nitrogens with one attached hydrogen (secondary N) is 1. The monoisotopic (exact) mass is 239 g/mol. The van der Waals surface area contributed by atoms with E-state index in [1.807, 2.05) is 0 Å². The molecule has 7 nitrogen and oxygen atoms in total. The van der Waals surface area contributed by atoms with Crippen molar-refractivity contribution in [3.05, 3.63) is 12.0 Å². The summed E-state index contributed by atoms with van der Waals surface area (Å²) in [5.41, 5.74) is 5.30. The van der Waals surface area contributed by atoms with Crippen molar-refractivity contribution in [2.75, 3.05) is 18.1 Å². The first-order valence-electron chi connectivity index (χ1n) is 4.84. The van der Waals surface area contributed by atoms with Crippen molar-refractivity contribution >= 4 is 23.6 Å². The van der Waals surface area contributed by atoms with Gasteiger partial charge in [0.25, 0.3) is 5.91 Å². The number of hydrogen-bond acceptors (Lipinski definition) is 6. The number of likely N-dealkylation sites (N-methyl/N-ethyl adjacent to an activating group) is 1. The fourth-order valence-corrected chi connectivity index (χ4v) is 1.52. The summed E-state index contributed by atoms with van der Waals surface area (Å²) < 4.78 is 13.3. The quantitative estimate of drug-likeness (QED) is 0.666. The highest BCUT2D eigenvalue weighted by Crippen LogP contribution is 2.18. The lowest BCUT2D eigenvalue weighted by molar-refractivity contribution is -0.136. The maximum atomic E-state index is 13.3. The third kappa shape index (κ3) is 2.01. The molecular weight excluding hydrogens is 229 g/mol. The third-order valence-corrected chi connectivity index (χ3v) is 2.46. The van der Waals surface area contributed by atoms with Crippen LogP contribution in [0, 0.1) is 5.82 Å². The molecule has 3 N–H and O–H groups in total. The van der Waals surface area contributed by atoms with Crippen molar-refractivity contribution in [2.24, 2.45) is 0 Å². The maximum absolute atomic E-state index is 13.3. The van der Waals surface area contributed by atoms with E-state index in [0.29, 0.717) is 0 Å². The Morgan fingerprint density at radius 1 is 1.59 bits per heavy atom. The number of nitrogen functional groups attached to an aromatic ring is 1. The average Bonchev–Trinajstić information content (AvgIpc) is 2.52. The topological polar surface area (TPSA) is 101 Å². The van der Waals surface area contributed by atoms with Crippen LogP contribution in [-0.4, -0.2) is 39.8 Å². The minimum Gasteiger partial charge on any atom is -0.368 e. The minimum atomic E-state index is -0.809. The standard InChI is InChI=1S/C9H10FN5O2/c1-15-6(16)2-5(8(15)17)13-7-4(10)3-12-9(11)14-7/h3,5H,2H2,1H3,(H3,11,12,13,14). The van der Waals surface area contributed by atoms with Gasteiger partial charge in [0.15, 0.2) is 11.6 Å². The van der Waals surface area contributed by atoms with E-state index in [0.717, 1.165) is 11.1 Å². The summed E-state index contributed by atoms with van der Waals surface area (Å²) >= 11 is 0. The number of likely N-dealkylation sites (tertiary alicyclic amines) is 1. The Kier molecular flexibility index (Phi) is 2.62. The SMILES string of the molecule is CN1C(=O)CC(Nc2nc(N)ncc2F)C1=O. The number of aromatic nitrogens is 2. The highest BCUT2D eigenvalue weighted by atomic mass is 19.1. The van der Waals surface area contributed by atoms with Crippen LogP contribution in [0.15, 0.2) is 6.20 Å². The summed E-state index contributed by atoms with van der Waals surface area (Å²) in [5, 5.41) is 2.54. The number of nitrogens with two attached hydrogens (primary N) is 1.